The third-order valence-corrected chi connectivity index (χ3v) is 3.04. The second-order valence-corrected chi connectivity index (χ2v) is 4.15. The summed E-state index contributed by atoms with van der Waals surface area (Å²) in [5, 5.41) is 2.15. The molecule has 0 saturated carbocycles. The zero-order chi connectivity index (χ0) is 11.8. The highest BCUT2D eigenvalue weighted by molar-refractivity contribution is 6.20. The Morgan fingerprint density at radius 2 is 1.47 bits per heavy atom. The van der Waals surface area contributed by atoms with Gasteiger partial charge in [0.15, 0.2) is 0 Å². The van der Waals surface area contributed by atoms with Crippen LogP contribution in [-0.2, 0) is 9.59 Å². The predicted octanol–water partition coefficient (Wildman–Crippen LogP) is 2.49. The lowest BCUT2D eigenvalue weighted by Crippen LogP contribution is -2.28. The van der Waals surface area contributed by atoms with Gasteiger partial charge in [0.25, 0.3) is 0 Å². The van der Waals surface area contributed by atoms with Crippen molar-refractivity contribution in [3.05, 3.63) is 42.5 Å². The second kappa shape index (κ2) is 3.70. The molecule has 2 aromatic rings. The van der Waals surface area contributed by atoms with Crippen molar-refractivity contribution in [2.24, 2.45) is 0 Å². The lowest BCUT2D eigenvalue weighted by molar-refractivity contribution is -0.121. The fourth-order valence-electron chi connectivity index (χ4n) is 2.18. The van der Waals surface area contributed by atoms with E-state index in [1.165, 1.54) is 4.90 Å². The average molecular weight is 225 g/mol. The van der Waals surface area contributed by atoms with Crippen molar-refractivity contribution >= 4 is 28.3 Å². The van der Waals surface area contributed by atoms with E-state index in [4.69, 9.17) is 0 Å². The minimum atomic E-state index is -0.106. The summed E-state index contributed by atoms with van der Waals surface area (Å²) in [5.74, 6) is -0.212. The Morgan fingerprint density at radius 1 is 0.824 bits per heavy atom. The molecule has 0 aliphatic carbocycles. The molecule has 1 aliphatic heterocycles. The first kappa shape index (κ1) is 10.0. The van der Waals surface area contributed by atoms with E-state index in [9.17, 15) is 9.59 Å². The maximum Gasteiger partial charge on any atom is 0.234 e. The number of anilines is 1. The fourth-order valence-corrected chi connectivity index (χ4v) is 2.18. The van der Waals surface area contributed by atoms with Crippen molar-refractivity contribution in [3.63, 3.8) is 0 Å². The molecule has 3 rings (SSSR count). The molecule has 84 valence electrons. The smallest absolute Gasteiger partial charge is 0.234 e. The molecule has 2 aromatic carbocycles. The molecule has 0 bridgehead atoms. The molecule has 1 fully saturated rings. The molecule has 17 heavy (non-hydrogen) atoms. The van der Waals surface area contributed by atoms with E-state index in [0.29, 0.717) is 18.5 Å². The van der Waals surface area contributed by atoms with E-state index >= 15 is 0 Å². The van der Waals surface area contributed by atoms with E-state index in [-0.39, 0.29) is 11.8 Å². The fraction of sp³-hybridized carbons (Fsp3) is 0.143. The summed E-state index contributed by atoms with van der Waals surface area (Å²) in [6.45, 7) is 0. The Balaban J connectivity index is 2.12. The highest BCUT2D eigenvalue weighted by Gasteiger charge is 2.30. The molecule has 3 nitrogen and oxygen atoms in total. The zero-order valence-electron chi connectivity index (χ0n) is 9.22. The molecule has 1 saturated heterocycles. The summed E-state index contributed by atoms with van der Waals surface area (Å²) < 4.78 is 0. The van der Waals surface area contributed by atoms with Gasteiger partial charge in [0, 0.05) is 12.8 Å². The molecule has 1 aliphatic rings. The third-order valence-electron chi connectivity index (χ3n) is 3.04. The van der Waals surface area contributed by atoms with Crippen LogP contribution in [0.1, 0.15) is 12.8 Å². The standard InChI is InChI=1S/C14H11NO2/c16-13-7-8-14(17)15(13)12-6-5-10-3-1-2-4-11(10)9-12/h1-6,9H,7-8H2. The van der Waals surface area contributed by atoms with Crippen LogP contribution in [0.2, 0.25) is 0 Å². The number of nitrogens with zero attached hydrogens (tertiary/aromatic N) is 1. The minimum Gasteiger partial charge on any atom is -0.274 e. The minimum absolute atomic E-state index is 0.106. The topological polar surface area (TPSA) is 37.4 Å². The largest absolute Gasteiger partial charge is 0.274 e. The van der Waals surface area contributed by atoms with Crippen molar-refractivity contribution in [2.75, 3.05) is 4.90 Å². The summed E-state index contributed by atoms with van der Waals surface area (Å²) in [5.41, 5.74) is 0.677. The molecule has 3 heteroatoms. The number of benzene rings is 2. The molecule has 0 aromatic heterocycles. The van der Waals surface area contributed by atoms with Crippen LogP contribution in [0.15, 0.2) is 42.5 Å². The molecule has 1 heterocycles. The number of rotatable bonds is 1. The molecular formula is C14H11NO2. The lowest BCUT2D eigenvalue weighted by Gasteiger charge is -2.14. The van der Waals surface area contributed by atoms with Crippen LogP contribution >= 0.6 is 0 Å². The van der Waals surface area contributed by atoms with Gasteiger partial charge >= 0.3 is 0 Å². The van der Waals surface area contributed by atoms with E-state index < -0.39 is 0 Å². The maximum atomic E-state index is 11.6. The molecule has 0 N–H and O–H groups in total. The summed E-state index contributed by atoms with van der Waals surface area (Å²) in [7, 11) is 0. The lowest BCUT2D eigenvalue weighted by atomic mass is 10.1. The zero-order valence-corrected chi connectivity index (χ0v) is 9.22. The van der Waals surface area contributed by atoms with Crippen LogP contribution in [0.3, 0.4) is 0 Å². The van der Waals surface area contributed by atoms with E-state index in [2.05, 4.69) is 0 Å². The number of hydrogen-bond acceptors (Lipinski definition) is 2. The highest BCUT2D eigenvalue weighted by Crippen LogP contribution is 2.26. The van der Waals surface area contributed by atoms with Crippen LogP contribution in [-0.4, -0.2) is 11.8 Å². The van der Waals surface area contributed by atoms with Crippen LogP contribution in [0.5, 0.6) is 0 Å². The number of carbonyl (C=O) groups excluding carboxylic acids is 2. The van der Waals surface area contributed by atoms with Crippen molar-refractivity contribution in [2.45, 2.75) is 12.8 Å². The summed E-state index contributed by atoms with van der Waals surface area (Å²) in [6, 6.07) is 13.5. The van der Waals surface area contributed by atoms with E-state index in [0.717, 1.165) is 10.8 Å². The van der Waals surface area contributed by atoms with Gasteiger partial charge in [-0.05, 0) is 22.9 Å². The average Bonchev–Trinajstić information content (AvgIpc) is 2.68. The van der Waals surface area contributed by atoms with E-state index in [1.807, 2.05) is 42.5 Å². The Hall–Kier alpha value is -2.16. The summed E-state index contributed by atoms with van der Waals surface area (Å²) >= 11 is 0. The number of amides is 2. The number of imide groups is 1. The van der Waals surface area contributed by atoms with E-state index in [1.54, 1.807) is 0 Å². The SMILES string of the molecule is O=C1CCC(=O)N1c1ccc2ccccc2c1. The molecule has 0 unspecified atom stereocenters. The van der Waals surface area contributed by atoms with Gasteiger partial charge in [-0.15, -0.1) is 0 Å². The normalized spacial score (nSPS) is 15.9. The highest BCUT2D eigenvalue weighted by atomic mass is 16.2. The number of fused-ring (bicyclic) bond motifs is 1. The third kappa shape index (κ3) is 1.60. The maximum absolute atomic E-state index is 11.6. The predicted molar refractivity (Wildman–Crippen MR) is 65.7 cm³/mol. The van der Waals surface area contributed by atoms with Gasteiger partial charge in [-0.25, -0.2) is 0 Å². The summed E-state index contributed by atoms with van der Waals surface area (Å²) in [6.07, 6.45) is 0.650. The van der Waals surface area contributed by atoms with Gasteiger partial charge in [0.2, 0.25) is 11.8 Å². The monoisotopic (exact) mass is 225 g/mol. The first-order chi connectivity index (χ1) is 8.25. The van der Waals surface area contributed by atoms with Crippen molar-refractivity contribution in [3.8, 4) is 0 Å². The van der Waals surface area contributed by atoms with Crippen molar-refractivity contribution in [1.29, 1.82) is 0 Å². The van der Waals surface area contributed by atoms with Gasteiger partial charge in [-0.3, -0.25) is 14.5 Å². The Morgan fingerprint density at radius 3 is 2.18 bits per heavy atom. The number of hydrogen-bond donors (Lipinski definition) is 0. The van der Waals surface area contributed by atoms with Gasteiger partial charge in [-0.1, -0.05) is 30.3 Å². The molecule has 0 atom stereocenters. The van der Waals surface area contributed by atoms with Crippen molar-refractivity contribution in [1.82, 2.24) is 0 Å². The second-order valence-electron chi connectivity index (χ2n) is 4.15. The number of carbonyl (C=O) groups is 2. The quantitative estimate of drug-likeness (QED) is 0.699. The molecule has 0 radical (unpaired) electrons. The molecule has 2 amide bonds. The first-order valence-corrected chi connectivity index (χ1v) is 5.60. The summed E-state index contributed by atoms with van der Waals surface area (Å²) in [4.78, 5) is 24.5. The van der Waals surface area contributed by atoms with Crippen LogP contribution in [0.25, 0.3) is 10.8 Å². The van der Waals surface area contributed by atoms with Crippen LogP contribution in [0, 0.1) is 0 Å². The first-order valence-electron chi connectivity index (χ1n) is 5.60. The van der Waals surface area contributed by atoms with Gasteiger partial charge < -0.3 is 0 Å². The van der Waals surface area contributed by atoms with Gasteiger partial charge in [-0.2, -0.15) is 0 Å². The van der Waals surface area contributed by atoms with Crippen LogP contribution < -0.4 is 4.90 Å². The molecular weight excluding hydrogens is 214 g/mol. The Bertz CT molecular complexity index is 602. The van der Waals surface area contributed by atoms with Crippen LogP contribution in [0.4, 0.5) is 5.69 Å². The van der Waals surface area contributed by atoms with Crippen molar-refractivity contribution < 1.29 is 9.59 Å². The Labute approximate surface area is 98.6 Å². The Kier molecular flexibility index (Phi) is 2.18. The van der Waals surface area contributed by atoms with Gasteiger partial charge in [0.05, 0.1) is 5.69 Å². The molecule has 0 spiro atoms. The van der Waals surface area contributed by atoms with Gasteiger partial charge in [0.1, 0.15) is 0 Å².